The molecule has 82 valence electrons. The first-order valence-corrected chi connectivity index (χ1v) is 6.20. The quantitative estimate of drug-likeness (QED) is 0.822. The van der Waals surface area contributed by atoms with Crippen molar-refractivity contribution in [2.45, 2.75) is 24.2 Å². The van der Waals surface area contributed by atoms with Crippen molar-refractivity contribution in [1.82, 2.24) is 0 Å². The minimum Gasteiger partial charge on any atom is -0.481 e. The van der Waals surface area contributed by atoms with Crippen LogP contribution < -0.4 is 0 Å². The Bertz CT molecular complexity index is 366. The lowest BCUT2D eigenvalue weighted by molar-refractivity contribution is -0.137. The van der Waals surface area contributed by atoms with E-state index in [-0.39, 0.29) is 12.3 Å². The van der Waals surface area contributed by atoms with Gasteiger partial charge in [0.1, 0.15) is 0 Å². The van der Waals surface area contributed by atoms with Gasteiger partial charge in [0.05, 0.1) is 6.42 Å². The van der Waals surface area contributed by atoms with Gasteiger partial charge in [0.15, 0.2) is 0 Å². The van der Waals surface area contributed by atoms with Gasteiger partial charge in [-0.15, -0.1) is 11.8 Å². The summed E-state index contributed by atoms with van der Waals surface area (Å²) in [6.07, 6.45) is 2.07. The van der Waals surface area contributed by atoms with Crippen molar-refractivity contribution in [1.29, 1.82) is 0 Å². The maximum absolute atomic E-state index is 10.6. The first kappa shape index (κ1) is 12.4. The molecule has 0 spiro atoms. The number of benzene rings is 1. The highest BCUT2D eigenvalue weighted by Gasteiger charge is 2.16. The highest BCUT2D eigenvalue weighted by molar-refractivity contribution is 7.98. The zero-order chi connectivity index (χ0) is 11.4. The van der Waals surface area contributed by atoms with Gasteiger partial charge in [-0.2, -0.15) is 0 Å². The molecule has 1 unspecified atom stereocenters. The van der Waals surface area contributed by atoms with E-state index in [1.54, 1.807) is 17.8 Å². The summed E-state index contributed by atoms with van der Waals surface area (Å²) < 4.78 is 0. The summed E-state index contributed by atoms with van der Waals surface area (Å²) in [5, 5.41) is 9.40. The van der Waals surface area contributed by atoms with Gasteiger partial charge in [0.2, 0.25) is 0 Å². The molecular weight excluding hydrogens is 232 g/mol. The summed E-state index contributed by atoms with van der Waals surface area (Å²) in [6.45, 7) is 1.88. The Balaban J connectivity index is 3.05. The van der Waals surface area contributed by atoms with Crippen molar-refractivity contribution in [3.05, 3.63) is 28.8 Å². The number of thioether (sulfide) groups is 1. The molecule has 0 saturated heterocycles. The molecule has 1 aromatic rings. The van der Waals surface area contributed by atoms with Gasteiger partial charge in [-0.25, -0.2) is 0 Å². The van der Waals surface area contributed by atoms with Crippen LogP contribution in [0.25, 0.3) is 0 Å². The molecule has 0 aliphatic rings. The second kappa shape index (κ2) is 5.42. The molecule has 0 aliphatic heterocycles. The van der Waals surface area contributed by atoms with Crippen LogP contribution in [0.5, 0.6) is 0 Å². The fourth-order valence-electron chi connectivity index (χ4n) is 1.54. The van der Waals surface area contributed by atoms with Gasteiger partial charge in [-0.3, -0.25) is 4.79 Å². The van der Waals surface area contributed by atoms with E-state index < -0.39 is 5.97 Å². The van der Waals surface area contributed by atoms with E-state index in [9.17, 15) is 4.79 Å². The molecule has 1 N–H and O–H groups in total. The molecule has 1 aromatic carbocycles. The van der Waals surface area contributed by atoms with E-state index >= 15 is 0 Å². The maximum atomic E-state index is 10.6. The van der Waals surface area contributed by atoms with Crippen molar-refractivity contribution in [3.8, 4) is 0 Å². The second-order valence-corrected chi connectivity index (χ2v) is 4.61. The summed E-state index contributed by atoms with van der Waals surface area (Å²) in [4.78, 5) is 11.7. The molecule has 15 heavy (non-hydrogen) atoms. The molecule has 0 saturated carbocycles. The predicted octanol–water partition coefficient (Wildman–Crippen LogP) is 3.64. The number of carboxylic acids is 1. The first-order valence-electron chi connectivity index (χ1n) is 4.60. The van der Waals surface area contributed by atoms with Crippen LogP contribution in [-0.2, 0) is 4.79 Å². The van der Waals surface area contributed by atoms with Crippen molar-refractivity contribution >= 4 is 29.3 Å². The lowest BCUT2D eigenvalue weighted by Crippen LogP contribution is -2.04. The lowest BCUT2D eigenvalue weighted by atomic mass is 9.98. The molecule has 4 heteroatoms. The molecule has 0 radical (unpaired) electrons. The number of halogens is 1. The number of carbonyl (C=O) groups is 1. The van der Waals surface area contributed by atoms with E-state index in [1.807, 2.05) is 25.3 Å². The maximum Gasteiger partial charge on any atom is 0.303 e. The highest BCUT2D eigenvalue weighted by atomic mass is 35.5. The Morgan fingerprint density at radius 2 is 2.27 bits per heavy atom. The number of hydrogen-bond donors (Lipinski definition) is 1. The zero-order valence-corrected chi connectivity index (χ0v) is 10.2. The first-order chi connectivity index (χ1) is 7.06. The van der Waals surface area contributed by atoms with Gasteiger partial charge >= 0.3 is 5.97 Å². The van der Waals surface area contributed by atoms with E-state index in [1.165, 1.54) is 0 Å². The van der Waals surface area contributed by atoms with Crippen LogP contribution in [0.3, 0.4) is 0 Å². The van der Waals surface area contributed by atoms with Crippen LogP contribution in [0.4, 0.5) is 0 Å². The average molecular weight is 245 g/mol. The molecule has 0 bridgehead atoms. The monoisotopic (exact) mass is 244 g/mol. The summed E-state index contributed by atoms with van der Waals surface area (Å²) in [5.41, 5.74) is 0.939. The summed E-state index contributed by atoms with van der Waals surface area (Å²) in [7, 11) is 0. The van der Waals surface area contributed by atoms with Gasteiger partial charge in [0.25, 0.3) is 0 Å². The minimum absolute atomic E-state index is 0.0568. The number of rotatable bonds is 4. The molecule has 0 aliphatic carbocycles. The van der Waals surface area contributed by atoms with Gasteiger partial charge < -0.3 is 5.11 Å². The predicted molar refractivity (Wildman–Crippen MR) is 63.9 cm³/mol. The van der Waals surface area contributed by atoms with Crippen LogP contribution >= 0.6 is 23.4 Å². The van der Waals surface area contributed by atoms with Gasteiger partial charge in [0, 0.05) is 9.92 Å². The molecule has 0 heterocycles. The van der Waals surface area contributed by atoms with E-state index in [2.05, 4.69) is 0 Å². The van der Waals surface area contributed by atoms with Crippen molar-refractivity contribution in [2.24, 2.45) is 0 Å². The Morgan fingerprint density at radius 1 is 1.60 bits per heavy atom. The highest BCUT2D eigenvalue weighted by Crippen LogP contribution is 2.34. The molecule has 1 atom stereocenters. The molecule has 0 fully saturated rings. The second-order valence-electron chi connectivity index (χ2n) is 3.35. The molecular formula is C11H13ClO2S. The summed E-state index contributed by atoms with van der Waals surface area (Å²) in [6, 6.07) is 5.64. The number of hydrogen-bond acceptors (Lipinski definition) is 2. The summed E-state index contributed by atoms with van der Waals surface area (Å²) >= 11 is 7.67. The molecule has 0 amide bonds. The van der Waals surface area contributed by atoms with Gasteiger partial charge in [-0.05, 0) is 29.9 Å². The third kappa shape index (κ3) is 3.14. The fourth-order valence-corrected chi connectivity index (χ4v) is 2.70. The Hall–Kier alpha value is -0.670. The number of aliphatic carboxylic acids is 1. The fraction of sp³-hybridized carbons (Fsp3) is 0.364. The molecule has 1 rings (SSSR count). The smallest absolute Gasteiger partial charge is 0.303 e. The van der Waals surface area contributed by atoms with Crippen molar-refractivity contribution < 1.29 is 9.90 Å². The zero-order valence-electron chi connectivity index (χ0n) is 8.66. The topological polar surface area (TPSA) is 37.3 Å². The van der Waals surface area contributed by atoms with E-state index in [4.69, 9.17) is 16.7 Å². The van der Waals surface area contributed by atoms with Gasteiger partial charge in [-0.1, -0.05) is 24.6 Å². The lowest BCUT2D eigenvalue weighted by Gasteiger charge is -2.15. The van der Waals surface area contributed by atoms with E-state index in [0.29, 0.717) is 5.02 Å². The Kier molecular flexibility index (Phi) is 4.48. The van der Waals surface area contributed by atoms with Crippen LogP contribution in [0, 0.1) is 0 Å². The van der Waals surface area contributed by atoms with Crippen LogP contribution in [0.2, 0.25) is 5.02 Å². The van der Waals surface area contributed by atoms with Crippen LogP contribution in [0.15, 0.2) is 23.1 Å². The van der Waals surface area contributed by atoms with Crippen molar-refractivity contribution in [2.75, 3.05) is 6.26 Å². The Morgan fingerprint density at radius 3 is 2.80 bits per heavy atom. The summed E-state index contributed by atoms with van der Waals surface area (Å²) in [5.74, 6) is -0.854. The standard InChI is InChI=1S/C11H13ClO2S/c1-7(6-10(13)14)11-8(12)4-3-5-9(11)15-2/h3-5,7H,6H2,1-2H3,(H,13,14). The normalized spacial score (nSPS) is 12.5. The van der Waals surface area contributed by atoms with Crippen molar-refractivity contribution in [3.63, 3.8) is 0 Å². The largest absolute Gasteiger partial charge is 0.481 e. The number of carboxylic acid groups (broad SMARTS) is 1. The third-order valence-electron chi connectivity index (χ3n) is 2.21. The molecule has 0 aromatic heterocycles. The Labute approximate surface area is 98.6 Å². The average Bonchev–Trinajstić information content (AvgIpc) is 2.15. The van der Waals surface area contributed by atoms with E-state index in [0.717, 1.165) is 10.5 Å². The third-order valence-corrected chi connectivity index (χ3v) is 3.33. The SMILES string of the molecule is CSc1cccc(Cl)c1C(C)CC(=O)O. The minimum atomic E-state index is -0.797. The van der Waals surface area contributed by atoms with Crippen LogP contribution in [0.1, 0.15) is 24.8 Å². The van der Waals surface area contributed by atoms with Crippen LogP contribution in [-0.4, -0.2) is 17.3 Å². The molecule has 2 nitrogen and oxygen atoms in total.